The first-order valence-electron chi connectivity index (χ1n) is 12.1. The molecule has 2 saturated carbocycles. The summed E-state index contributed by atoms with van der Waals surface area (Å²) < 4.78 is 0.963. The van der Waals surface area contributed by atoms with Crippen LogP contribution in [0, 0.1) is 28.1 Å². The first kappa shape index (κ1) is 22.1. The maximum absolute atomic E-state index is 13.4. The van der Waals surface area contributed by atoms with Crippen LogP contribution < -0.4 is 11.5 Å². The first-order chi connectivity index (χ1) is 15.4. The van der Waals surface area contributed by atoms with Crippen LogP contribution >= 0.6 is 15.9 Å². The largest absolute Gasteiger partial charge is 0.369 e. The van der Waals surface area contributed by atoms with E-state index in [4.69, 9.17) is 11.5 Å². The van der Waals surface area contributed by atoms with Gasteiger partial charge in [0.2, 0.25) is 11.8 Å². The zero-order valence-electron chi connectivity index (χ0n) is 18.7. The summed E-state index contributed by atoms with van der Waals surface area (Å²) >= 11 is 3.56. The molecule has 1 aromatic rings. The Morgan fingerprint density at radius 2 is 1.66 bits per heavy atom. The van der Waals surface area contributed by atoms with Crippen molar-refractivity contribution in [3.05, 3.63) is 46.5 Å². The van der Waals surface area contributed by atoms with Crippen molar-refractivity contribution < 1.29 is 9.59 Å². The van der Waals surface area contributed by atoms with Crippen molar-refractivity contribution in [3.8, 4) is 0 Å². The fraction of sp³-hybridized carbons (Fsp3) is 0.615. The zero-order valence-corrected chi connectivity index (χ0v) is 20.3. The van der Waals surface area contributed by atoms with Crippen molar-refractivity contribution >= 4 is 27.7 Å². The minimum Gasteiger partial charge on any atom is -0.369 e. The quantitative estimate of drug-likeness (QED) is 0.399. The molecule has 5 rings (SSSR count). The number of nitrogens with two attached hydrogens (primary N) is 2. The second-order valence-electron chi connectivity index (χ2n) is 10.6. The van der Waals surface area contributed by atoms with E-state index in [1.54, 1.807) is 0 Å². The highest BCUT2D eigenvalue weighted by Crippen LogP contribution is 2.81. The highest BCUT2D eigenvalue weighted by atomic mass is 79.9. The van der Waals surface area contributed by atoms with Crippen LogP contribution in [-0.4, -0.2) is 36.3 Å². The van der Waals surface area contributed by atoms with E-state index in [1.165, 1.54) is 25.9 Å². The summed E-state index contributed by atoms with van der Waals surface area (Å²) in [5.41, 5.74) is 11.7. The van der Waals surface area contributed by atoms with Gasteiger partial charge in [-0.15, -0.1) is 0 Å². The van der Waals surface area contributed by atoms with E-state index < -0.39 is 10.8 Å². The molecule has 1 heterocycles. The lowest BCUT2D eigenvalue weighted by Crippen LogP contribution is -2.60. The molecule has 0 aromatic heterocycles. The lowest BCUT2D eigenvalue weighted by Gasteiger charge is -2.48. The Labute approximate surface area is 199 Å². The number of benzene rings is 1. The summed E-state index contributed by atoms with van der Waals surface area (Å²) in [4.78, 5) is 29.4. The van der Waals surface area contributed by atoms with Crippen LogP contribution in [0.1, 0.15) is 50.5 Å². The maximum atomic E-state index is 13.4. The lowest BCUT2D eigenvalue weighted by atomic mass is 9.53. The SMILES string of the molecule is NC(=O)[C@]1(CCCCN2CCCC2)[C@@H]2C=C[C@@H](C23CC3)[C@@]1(Cc1cccc(Br)c1)C(N)=O. The summed E-state index contributed by atoms with van der Waals surface area (Å²) in [6.45, 7) is 3.40. The van der Waals surface area contributed by atoms with Gasteiger partial charge in [0.1, 0.15) is 0 Å². The van der Waals surface area contributed by atoms with Gasteiger partial charge >= 0.3 is 0 Å². The van der Waals surface area contributed by atoms with Gasteiger partial charge in [-0.05, 0) is 99.5 Å². The van der Waals surface area contributed by atoms with Gasteiger partial charge in [0.05, 0.1) is 10.8 Å². The molecule has 6 heteroatoms. The van der Waals surface area contributed by atoms with E-state index in [-0.39, 0.29) is 29.1 Å². The first-order valence-corrected chi connectivity index (χ1v) is 12.9. The molecule has 0 radical (unpaired) electrons. The molecule has 1 aliphatic heterocycles. The number of halogens is 1. The Morgan fingerprint density at radius 1 is 1.00 bits per heavy atom. The van der Waals surface area contributed by atoms with Crippen molar-refractivity contribution in [1.29, 1.82) is 0 Å². The van der Waals surface area contributed by atoms with Crippen molar-refractivity contribution in [1.82, 2.24) is 4.90 Å². The zero-order chi connectivity index (χ0) is 22.6. The number of likely N-dealkylation sites (tertiary alicyclic amines) is 1. The van der Waals surface area contributed by atoms with Crippen LogP contribution in [0.25, 0.3) is 0 Å². The van der Waals surface area contributed by atoms with Gasteiger partial charge in [-0.3, -0.25) is 9.59 Å². The van der Waals surface area contributed by atoms with Gasteiger partial charge in [-0.2, -0.15) is 0 Å². The number of carbonyl (C=O) groups excluding carboxylic acids is 2. The van der Waals surface area contributed by atoms with Crippen LogP contribution in [0.15, 0.2) is 40.9 Å². The molecule has 0 unspecified atom stereocenters. The molecule has 172 valence electrons. The molecule has 32 heavy (non-hydrogen) atoms. The molecule has 5 nitrogen and oxygen atoms in total. The van der Waals surface area contributed by atoms with Gasteiger partial charge in [-0.1, -0.05) is 46.6 Å². The third-order valence-corrected chi connectivity index (χ3v) is 9.66. The summed E-state index contributed by atoms with van der Waals surface area (Å²) in [5, 5.41) is 0. The Hall–Kier alpha value is -1.66. The average Bonchev–Trinajstić information content (AvgIpc) is 3.12. The highest BCUT2D eigenvalue weighted by Gasteiger charge is 2.81. The summed E-state index contributed by atoms with van der Waals surface area (Å²) in [5.74, 6) is -0.693. The molecule has 3 fully saturated rings. The van der Waals surface area contributed by atoms with Crippen LogP contribution in [0.3, 0.4) is 0 Å². The normalized spacial score (nSPS) is 34.4. The molecular weight excluding hydrogens is 466 g/mol. The van der Waals surface area contributed by atoms with Crippen molar-refractivity contribution in [3.63, 3.8) is 0 Å². The molecular formula is C26H34BrN3O2. The molecule has 2 bridgehead atoms. The Bertz CT molecular complexity index is 952. The number of unbranched alkanes of at least 4 members (excludes halogenated alkanes) is 1. The average molecular weight is 500 g/mol. The summed E-state index contributed by atoms with van der Waals surface area (Å²) in [7, 11) is 0. The van der Waals surface area contributed by atoms with E-state index in [0.29, 0.717) is 12.8 Å². The van der Waals surface area contributed by atoms with E-state index in [1.807, 2.05) is 24.3 Å². The van der Waals surface area contributed by atoms with Crippen LogP contribution in [0.4, 0.5) is 0 Å². The predicted molar refractivity (Wildman–Crippen MR) is 128 cm³/mol. The minimum absolute atomic E-state index is 0.00890. The maximum Gasteiger partial charge on any atom is 0.225 e. The van der Waals surface area contributed by atoms with E-state index in [9.17, 15) is 9.59 Å². The predicted octanol–water partition coefficient (Wildman–Crippen LogP) is 3.80. The smallest absolute Gasteiger partial charge is 0.225 e. The van der Waals surface area contributed by atoms with Crippen LogP contribution in [-0.2, 0) is 16.0 Å². The number of allylic oxidation sites excluding steroid dienone is 2. The number of nitrogens with zero attached hydrogens (tertiary/aromatic N) is 1. The number of hydrogen-bond donors (Lipinski definition) is 2. The molecule has 1 spiro atoms. The number of carbonyl (C=O) groups is 2. The fourth-order valence-corrected chi connectivity index (χ4v) is 8.19. The molecule has 1 aromatic carbocycles. The van der Waals surface area contributed by atoms with Crippen LogP contribution in [0.2, 0.25) is 0 Å². The number of primary amides is 2. The molecule has 4 aliphatic rings. The van der Waals surface area contributed by atoms with E-state index >= 15 is 0 Å². The Kier molecular flexibility index (Phi) is 5.52. The number of hydrogen-bond acceptors (Lipinski definition) is 3. The van der Waals surface area contributed by atoms with Gasteiger partial charge in [0.25, 0.3) is 0 Å². The third-order valence-electron chi connectivity index (χ3n) is 9.17. The van der Waals surface area contributed by atoms with Crippen molar-refractivity contribution in [2.75, 3.05) is 19.6 Å². The van der Waals surface area contributed by atoms with E-state index in [0.717, 1.165) is 42.3 Å². The third kappa shape index (κ3) is 3.05. The summed E-state index contributed by atoms with van der Waals surface area (Å²) in [6, 6.07) is 8.03. The standard InChI is InChI=1S/C26H34BrN3O2/c27-19-7-5-6-18(16-19)17-26(23(29)32)21-9-8-20(24(21)11-12-24)25(26,22(28)31)10-1-2-13-30-14-3-4-15-30/h5-9,16,20-21H,1-4,10-15,17H2,(H2,28,31)(H2,29,32)/t20-,21+,25+,26+/m1/s1. The van der Waals surface area contributed by atoms with Crippen molar-refractivity contribution in [2.45, 2.75) is 51.4 Å². The molecule has 4 atom stereocenters. The molecule has 3 aliphatic carbocycles. The highest BCUT2D eigenvalue weighted by molar-refractivity contribution is 9.10. The number of amides is 2. The number of rotatable bonds is 9. The van der Waals surface area contributed by atoms with Crippen LogP contribution in [0.5, 0.6) is 0 Å². The molecule has 4 N–H and O–H groups in total. The summed E-state index contributed by atoms with van der Waals surface area (Å²) in [6.07, 6.45) is 12.0. The Morgan fingerprint density at radius 3 is 2.25 bits per heavy atom. The van der Waals surface area contributed by atoms with Gasteiger partial charge in [-0.25, -0.2) is 0 Å². The molecule has 1 saturated heterocycles. The molecule has 2 amide bonds. The van der Waals surface area contributed by atoms with Gasteiger partial charge in [0.15, 0.2) is 0 Å². The topological polar surface area (TPSA) is 89.4 Å². The second kappa shape index (κ2) is 7.98. The second-order valence-corrected chi connectivity index (χ2v) is 11.5. The van der Waals surface area contributed by atoms with Crippen molar-refractivity contribution in [2.24, 2.45) is 39.5 Å². The lowest BCUT2D eigenvalue weighted by molar-refractivity contribution is -0.151. The fourth-order valence-electron chi connectivity index (χ4n) is 7.75. The van der Waals surface area contributed by atoms with E-state index in [2.05, 4.69) is 33.0 Å². The van der Waals surface area contributed by atoms with Gasteiger partial charge < -0.3 is 16.4 Å². The monoisotopic (exact) mass is 499 g/mol. The Balaban J connectivity index is 1.51. The minimum atomic E-state index is -0.969. The van der Waals surface area contributed by atoms with Gasteiger partial charge in [0, 0.05) is 4.47 Å².